The smallest absolute Gasteiger partial charge is 0.280 e. The molecule has 41 heavy (non-hydrogen) atoms. The van der Waals surface area contributed by atoms with Crippen molar-refractivity contribution in [1.29, 1.82) is 0 Å². The number of aromatic nitrogens is 5. The number of anilines is 1. The van der Waals surface area contributed by atoms with Crippen molar-refractivity contribution in [3.63, 3.8) is 0 Å². The van der Waals surface area contributed by atoms with Gasteiger partial charge in [0.15, 0.2) is 16.9 Å². The van der Waals surface area contributed by atoms with Crippen molar-refractivity contribution in [2.24, 2.45) is 5.73 Å². The van der Waals surface area contributed by atoms with Crippen LogP contribution in [0, 0.1) is 0 Å². The molecule has 1 fully saturated rings. The van der Waals surface area contributed by atoms with Gasteiger partial charge in [0.05, 0.1) is 13.1 Å². The zero-order valence-corrected chi connectivity index (χ0v) is 22.9. The quantitative estimate of drug-likeness (QED) is 0.281. The highest BCUT2D eigenvalue weighted by Crippen LogP contribution is 2.25. The van der Waals surface area contributed by atoms with Crippen molar-refractivity contribution in [3.05, 3.63) is 118 Å². The number of rotatable bonds is 9. The molecule has 6 rings (SSSR count). The second-order valence-corrected chi connectivity index (χ2v) is 10.6. The van der Waals surface area contributed by atoms with Crippen molar-refractivity contribution < 1.29 is 4.79 Å². The number of benzene rings is 2. The van der Waals surface area contributed by atoms with Crippen molar-refractivity contribution in [3.8, 4) is 0 Å². The molecule has 0 saturated carbocycles. The lowest BCUT2D eigenvalue weighted by Crippen LogP contribution is -2.44. The highest BCUT2D eigenvalue weighted by molar-refractivity contribution is 5.95. The molecule has 9 heteroatoms. The molecule has 0 aliphatic carbocycles. The number of piperidine rings is 1. The third kappa shape index (κ3) is 5.81. The van der Waals surface area contributed by atoms with Crippen LogP contribution in [-0.2, 0) is 25.9 Å². The molecule has 0 bridgehead atoms. The highest BCUT2D eigenvalue weighted by Gasteiger charge is 2.26. The minimum absolute atomic E-state index is 0.0388. The second kappa shape index (κ2) is 11.9. The number of ketones is 1. The van der Waals surface area contributed by atoms with E-state index in [0.717, 1.165) is 30.5 Å². The molecular formula is C32H33N7O2. The maximum atomic E-state index is 14.3. The maximum Gasteiger partial charge on any atom is 0.280 e. The monoisotopic (exact) mass is 547 g/mol. The predicted molar refractivity (Wildman–Crippen MR) is 159 cm³/mol. The number of imidazole rings is 1. The van der Waals surface area contributed by atoms with E-state index in [1.807, 2.05) is 65.2 Å². The molecule has 3 aromatic heterocycles. The normalized spacial score (nSPS) is 15.3. The third-order valence-corrected chi connectivity index (χ3v) is 7.61. The lowest BCUT2D eigenvalue weighted by Gasteiger charge is -2.31. The van der Waals surface area contributed by atoms with Gasteiger partial charge in [0.25, 0.3) is 5.56 Å². The molecule has 1 aliphatic rings. The molecule has 1 aliphatic heterocycles. The second-order valence-electron chi connectivity index (χ2n) is 10.6. The summed E-state index contributed by atoms with van der Waals surface area (Å²) in [7, 11) is 0. The first kappa shape index (κ1) is 26.6. The van der Waals surface area contributed by atoms with Gasteiger partial charge in [0, 0.05) is 43.5 Å². The predicted octanol–water partition coefficient (Wildman–Crippen LogP) is 3.63. The summed E-state index contributed by atoms with van der Waals surface area (Å²) < 4.78 is 3.47. The van der Waals surface area contributed by atoms with Gasteiger partial charge in [-0.15, -0.1) is 0 Å². The molecule has 1 unspecified atom stereocenters. The molecule has 0 amide bonds. The number of pyridine rings is 1. The SMILES string of the molecule is NC1CCCN(c2nc3nc(CCc4ccccc4)n(CC(=O)c4cccnc4)c(=O)c3n2Cc2ccccc2)C1. The van der Waals surface area contributed by atoms with Gasteiger partial charge in [-0.25, -0.2) is 4.98 Å². The summed E-state index contributed by atoms with van der Waals surface area (Å²) in [4.78, 5) is 43.8. The number of carbonyl (C=O) groups excluding carboxylic acids is 1. The molecule has 9 nitrogen and oxygen atoms in total. The molecule has 208 valence electrons. The first-order valence-electron chi connectivity index (χ1n) is 14.1. The Morgan fingerprint density at radius 1 is 0.902 bits per heavy atom. The Morgan fingerprint density at radius 3 is 2.37 bits per heavy atom. The molecule has 0 radical (unpaired) electrons. The molecular weight excluding hydrogens is 514 g/mol. The summed E-state index contributed by atoms with van der Waals surface area (Å²) in [5.74, 6) is 1.03. The fourth-order valence-corrected chi connectivity index (χ4v) is 5.51. The van der Waals surface area contributed by atoms with Crippen LogP contribution in [0.15, 0.2) is 90.0 Å². The van der Waals surface area contributed by atoms with Gasteiger partial charge in [-0.1, -0.05) is 60.7 Å². The first-order chi connectivity index (χ1) is 20.1. The maximum absolute atomic E-state index is 14.3. The summed E-state index contributed by atoms with van der Waals surface area (Å²) >= 11 is 0. The number of aryl methyl sites for hydroxylation is 2. The molecule has 2 aromatic carbocycles. The number of carbonyl (C=O) groups is 1. The average molecular weight is 548 g/mol. The van der Waals surface area contributed by atoms with Crippen LogP contribution in [0.3, 0.4) is 0 Å². The number of fused-ring (bicyclic) bond motifs is 1. The van der Waals surface area contributed by atoms with Gasteiger partial charge < -0.3 is 10.6 Å². The van der Waals surface area contributed by atoms with Crippen molar-refractivity contribution >= 4 is 22.9 Å². The number of nitrogens with zero attached hydrogens (tertiary/aromatic N) is 6. The van der Waals surface area contributed by atoms with E-state index >= 15 is 0 Å². The van der Waals surface area contributed by atoms with Gasteiger partial charge >= 0.3 is 0 Å². The summed E-state index contributed by atoms with van der Waals surface area (Å²) in [5, 5.41) is 0. The largest absolute Gasteiger partial charge is 0.341 e. The topological polar surface area (TPSA) is 112 Å². The van der Waals surface area contributed by atoms with Crippen LogP contribution < -0.4 is 16.2 Å². The van der Waals surface area contributed by atoms with Crippen LogP contribution in [0.2, 0.25) is 0 Å². The van der Waals surface area contributed by atoms with Crippen LogP contribution >= 0.6 is 0 Å². The third-order valence-electron chi connectivity index (χ3n) is 7.61. The Labute approximate surface area is 238 Å². The lowest BCUT2D eigenvalue weighted by atomic mass is 10.1. The molecule has 1 atom stereocenters. The Hall–Kier alpha value is -4.63. The van der Waals surface area contributed by atoms with E-state index in [1.54, 1.807) is 18.3 Å². The zero-order valence-electron chi connectivity index (χ0n) is 22.9. The number of nitrogens with two attached hydrogens (primary N) is 1. The van der Waals surface area contributed by atoms with Crippen molar-refractivity contribution in [1.82, 2.24) is 24.1 Å². The van der Waals surface area contributed by atoms with E-state index in [9.17, 15) is 9.59 Å². The van der Waals surface area contributed by atoms with Crippen molar-refractivity contribution in [2.45, 2.75) is 44.8 Å². The van der Waals surface area contributed by atoms with E-state index in [2.05, 4.69) is 9.88 Å². The summed E-state index contributed by atoms with van der Waals surface area (Å²) in [5.41, 5.74) is 9.48. The molecule has 0 spiro atoms. The van der Waals surface area contributed by atoms with Crippen LogP contribution in [0.4, 0.5) is 5.95 Å². The van der Waals surface area contributed by atoms with E-state index in [-0.39, 0.29) is 23.9 Å². The van der Waals surface area contributed by atoms with E-state index in [1.165, 1.54) is 10.8 Å². The Balaban J connectivity index is 1.49. The number of Topliss-reactive ketones (excluding diaryl/α,β-unsaturated/α-hetero) is 1. The molecule has 5 aromatic rings. The summed E-state index contributed by atoms with van der Waals surface area (Å²) in [6.45, 7) is 1.79. The molecule has 4 heterocycles. The summed E-state index contributed by atoms with van der Waals surface area (Å²) in [6.07, 6.45) is 6.23. The fraction of sp³-hybridized carbons (Fsp3) is 0.281. The van der Waals surface area contributed by atoms with Gasteiger partial charge in [0.1, 0.15) is 5.82 Å². The first-order valence-corrected chi connectivity index (χ1v) is 14.1. The van der Waals surface area contributed by atoms with Gasteiger partial charge in [-0.3, -0.25) is 23.7 Å². The average Bonchev–Trinajstić information content (AvgIpc) is 3.37. The van der Waals surface area contributed by atoms with E-state index < -0.39 is 0 Å². The molecule has 2 N–H and O–H groups in total. The van der Waals surface area contributed by atoms with Crippen LogP contribution in [0.1, 0.15) is 40.2 Å². The van der Waals surface area contributed by atoms with Gasteiger partial charge in [0.2, 0.25) is 5.95 Å². The highest BCUT2D eigenvalue weighted by atomic mass is 16.1. The number of hydrogen-bond acceptors (Lipinski definition) is 7. The minimum atomic E-state index is -0.272. The lowest BCUT2D eigenvalue weighted by molar-refractivity contribution is 0.0969. The standard InChI is InChI=1S/C32H33N7O2/c33-26-14-8-18-37(21-26)32-36-30-29(39(32)20-24-11-5-2-6-12-24)31(41)38(22-27(40)25-13-7-17-34-19-25)28(35-30)16-15-23-9-3-1-4-10-23/h1-7,9-13,17,19,26H,8,14-16,18,20-22,33H2. The minimum Gasteiger partial charge on any atom is -0.341 e. The van der Waals surface area contributed by atoms with E-state index in [4.69, 9.17) is 15.7 Å². The van der Waals surface area contributed by atoms with E-state index in [0.29, 0.717) is 54.4 Å². The Morgan fingerprint density at radius 2 is 1.66 bits per heavy atom. The summed E-state index contributed by atoms with van der Waals surface area (Å²) in [6, 6.07) is 23.5. The fourth-order valence-electron chi connectivity index (χ4n) is 5.51. The van der Waals surface area contributed by atoms with Gasteiger partial charge in [-0.05, 0) is 42.5 Å². The van der Waals surface area contributed by atoms with Crippen LogP contribution in [0.5, 0.6) is 0 Å². The number of hydrogen-bond donors (Lipinski definition) is 1. The van der Waals surface area contributed by atoms with Crippen LogP contribution in [-0.4, -0.2) is 49.0 Å². The Kier molecular flexibility index (Phi) is 7.69. The Bertz CT molecular complexity index is 1700. The molecule has 1 saturated heterocycles. The van der Waals surface area contributed by atoms with Crippen LogP contribution in [0.25, 0.3) is 11.2 Å². The van der Waals surface area contributed by atoms with Crippen molar-refractivity contribution in [2.75, 3.05) is 18.0 Å². The van der Waals surface area contributed by atoms with Gasteiger partial charge in [-0.2, -0.15) is 4.98 Å². The zero-order chi connectivity index (χ0) is 28.2.